The Hall–Kier alpha value is -4.84. The first kappa shape index (κ1) is 29.6. The Kier molecular flexibility index (Phi) is 7.39. The third-order valence-corrected chi connectivity index (χ3v) is 9.83. The van der Waals surface area contributed by atoms with Gasteiger partial charge < -0.3 is 39.7 Å². The van der Waals surface area contributed by atoms with E-state index in [1.54, 1.807) is 0 Å². The molecular weight excluding hydrogens is 598 g/mol. The molecule has 12 nitrogen and oxygen atoms in total. The van der Waals surface area contributed by atoms with Gasteiger partial charge in [0, 0.05) is 39.9 Å². The van der Waals surface area contributed by atoms with Crippen molar-refractivity contribution in [1.82, 2.24) is 35.5 Å². The molecule has 2 saturated heterocycles. The van der Waals surface area contributed by atoms with Crippen molar-refractivity contribution in [2.24, 2.45) is 5.92 Å². The van der Waals surface area contributed by atoms with Crippen molar-refractivity contribution in [3.05, 3.63) is 59.4 Å². The second-order valence-electron chi connectivity index (χ2n) is 13.2. The maximum atomic E-state index is 13.6. The summed E-state index contributed by atoms with van der Waals surface area (Å²) < 4.78 is 17.5. The molecule has 6 heterocycles. The number of aromatic amines is 2. The number of hydrogen-bond donors (Lipinski definition) is 4. The third kappa shape index (κ3) is 5.20. The molecule has 0 bridgehead atoms. The van der Waals surface area contributed by atoms with Crippen molar-refractivity contribution >= 4 is 12.0 Å². The lowest BCUT2D eigenvalue weighted by Gasteiger charge is -2.30. The molecule has 0 spiro atoms. The first-order valence-corrected chi connectivity index (χ1v) is 16.5. The molecule has 4 N–H and O–H groups in total. The molecule has 0 radical (unpaired) electrons. The van der Waals surface area contributed by atoms with Crippen LogP contribution in [0, 0.1) is 5.92 Å². The maximum absolute atomic E-state index is 13.6. The fraction of sp³-hybridized carbons (Fsp3) is 0.429. The van der Waals surface area contributed by atoms with Gasteiger partial charge in [-0.15, -0.1) is 0 Å². The Morgan fingerprint density at radius 2 is 1.55 bits per heavy atom. The van der Waals surface area contributed by atoms with Crippen molar-refractivity contribution in [2.45, 2.75) is 70.9 Å². The second kappa shape index (κ2) is 11.8. The molecule has 12 heteroatoms. The van der Waals surface area contributed by atoms with Gasteiger partial charge in [-0.3, -0.25) is 4.79 Å². The number of benzene rings is 2. The third-order valence-electron chi connectivity index (χ3n) is 9.83. The molecule has 8 rings (SSSR count). The van der Waals surface area contributed by atoms with Gasteiger partial charge >= 0.3 is 6.09 Å². The summed E-state index contributed by atoms with van der Waals surface area (Å²) in [5.41, 5.74) is 8.10. The molecule has 2 aromatic carbocycles. The Morgan fingerprint density at radius 1 is 0.915 bits per heavy atom. The molecular formula is C35H39N7O5. The number of carbonyl (C=O) groups is 2. The standard InChI is InChI=1S/C35H39N7O5/c1-18(2)31(41-35(44)45-3)34(43)42-9-5-7-26(42)33-38-15-25(40-33)20-11-22-17-46-27-12-19(10-21-16-47-28(13-20)30(22)29(21)27)24-14-37-32(39-24)23-6-4-8-36-23/h10-15,18,23,26,31,36H,4-9,16-17H2,1-3H3,(H,37,39)(H,38,40)(H,41,44)/t23-,26-,31-/m0/s1. The highest BCUT2D eigenvalue weighted by Gasteiger charge is 2.38. The van der Waals surface area contributed by atoms with Crippen LogP contribution in [0.1, 0.15) is 74.4 Å². The fourth-order valence-electron chi connectivity index (χ4n) is 7.42. The fourth-order valence-corrected chi connectivity index (χ4v) is 7.42. The number of hydrogen-bond acceptors (Lipinski definition) is 8. The van der Waals surface area contributed by atoms with Crippen LogP contribution in [0.3, 0.4) is 0 Å². The van der Waals surface area contributed by atoms with Gasteiger partial charge in [-0.05, 0) is 62.4 Å². The summed E-state index contributed by atoms with van der Waals surface area (Å²) in [5.74, 6) is 3.14. The number of alkyl carbamates (subject to hydrolysis) is 1. The Labute approximate surface area is 272 Å². The summed E-state index contributed by atoms with van der Waals surface area (Å²) in [6.45, 7) is 6.30. The van der Waals surface area contributed by atoms with E-state index in [-0.39, 0.29) is 23.9 Å². The lowest BCUT2D eigenvalue weighted by Crippen LogP contribution is -2.51. The van der Waals surface area contributed by atoms with E-state index in [0.717, 1.165) is 100 Å². The molecule has 0 unspecified atom stereocenters. The summed E-state index contributed by atoms with van der Waals surface area (Å²) in [6, 6.07) is 7.85. The smallest absolute Gasteiger partial charge is 0.407 e. The van der Waals surface area contributed by atoms with E-state index >= 15 is 0 Å². The number of ether oxygens (including phenoxy) is 3. The molecule has 2 amide bonds. The van der Waals surface area contributed by atoms with Gasteiger partial charge in [0.25, 0.3) is 0 Å². The van der Waals surface area contributed by atoms with Crippen LogP contribution in [0.15, 0.2) is 36.7 Å². The number of H-pyrrole nitrogens is 2. The molecule has 2 aromatic heterocycles. The number of rotatable bonds is 7. The predicted molar refractivity (Wildman–Crippen MR) is 174 cm³/mol. The van der Waals surface area contributed by atoms with Crippen LogP contribution in [0.4, 0.5) is 4.79 Å². The van der Waals surface area contributed by atoms with Crippen LogP contribution in [0.2, 0.25) is 0 Å². The summed E-state index contributed by atoms with van der Waals surface area (Å²) in [4.78, 5) is 43.7. The van der Waals surface area contributed by atoms with Crippen molar-refractivity contribution in [2.75, 3.05) is 20.2 Å². The SMILES string of the molecule is COC(=O)N[C@H](C(=O)N1CCC[C@H]1c1ncc(-c2cc3c4c(c2)OCc2cc(-c5cnc([C@@H]6CCCN6)[nH]5)cc(c2-4)OC3)[nH]1)C(C)C. The number of amides is 2. The molecule has 244 valence electrons. The lowest BCUT2D eigenvalue weighted by atomic mass is 9.87. The zero-order valence-corrected chi connectivity index (χ0v) is 26.8. The summed E-state index contributed by atoms with van der Waals surface area (Å²) in [6.07, 6.45) is 7.00. The van der Waals surface area contributed by atoms with E-state index in [0.29, 0.717) is 19.8 Å². The second-order valence-corrected chi connectivity index (χ2v) is 13.2. The van der Waals surface area contributed by atoms with E-state index in [1.165, 1.54) is 7.11 Å². The zero-order chi connectivity index (χ0) is 32.2. The predicted octanol–water partition coefficient (Wildman–Crippen LogP) is 5.39. The average molecular weight is 638 g/mol. The molecule has 2 fully saturated rings. The molecule has 4 aliphatic heterocycles. The van der Waals surface area contributed by atoms with Crippen LogP contribution in [-0.2, 0) is 22.7 Å². The molecule has 4 aromatic rings. The Bertz CT molecular complexity index is 1810. The van der Waals surface area contributed by atoms with Crippen LogP contribution < -0.4 is 20.1 Å². The topological polar surface area (TPSA) is 146 Å². The van der Waals surface area contributed by atoms with Crippen molar-refractivity contribution in [1.29, 1.82) is 0 Å². The van der Waals surface area contributed by atoms with E-state index in [1.807, 2.05) is 31.1 Å². The minimum absolute atomic E-state index is 0.0978. The van der Waals surface area contributed by atoms with Crippen molar-refractivity contribution < 1.29 is 23.8 Å². The van der Waals surface area contributed by atoms with Gasteiger partial charge in [0.1, 0.15) is 42.4 Å². The number of carbonyl (C=O) groups excluding carboxylic acids is 2. The van der Waals surface area contributed by atoms with Gasteiger partial charge in [0.15, 0.2) is 0 Å². The number of likely N-dealkylation sites (tertiary alicyclic amines) is 1. The van der Waals surface area contributed by atoms with E-state index in [9.17, 15) is 9.59 Å². The highest BCUT2D eigenvalue weighted by molar-refractivity contribution is 5.89. The van der Waals surface area contributed by atoms with Gasteiger partial charge in [-0.1, -0.05) is 13.8 Å². The van der Waals surface area contributed by atoms with Crippen LogP contribution in [0.25, 0.3) is 33.6 Å². The minimum atomic E-state index is -0.682. The van der Waals surface area contributed by atoms with Crippen LogP contribution in [-0.4, -0.2) is 63.1 Å². The largest absolute Gasteiger partial charge is 0.488 e. The van der Waals surface area contributed by atoms with Gasteiger partial charge in [0.2, 0.25) is 5.91 Å². The van der Waals surface area contributed by atoms with Gasteiger partial charge in [-0.25, -0.2) is 14.8 Å². The number of imidazole rings is 2. The Morgan fingerprint density at radius 3 is 2.15 bits per heavy atom. The maximum Gasteiger partial charge on any atom is 0.407 e. The minimum Gasteiger partial charge on any atom is -0.488 e. The number of aromatic nitrogens is 4. The Balaban J connectivity index is 1.06. The van der Waals surface area contributed by atoms with Gasteiger partial charge in [-0.2, -0.15) is 0 Å². The number of nitrogens with zero attached hydrogens (tertiary/aromatic N) is 3. The molecule has 0 saturated carbocycles. The number of nitrogens with one attached hydrogen (secondary N) is 4. The van der Waals surface area contributed by atoms with E-state index in [4.69, 9.17) is 19.2 Å². The summed E-state index contributed by atoms with van der Waals surface area (Å²) in [5, 5.41) is 6.21. The first-order chi connectivity index (χ1) is 22.9. The van der Waals surface area contributed by atoms with E-state index < -0.39 is 12.1 Å². The van der Waals surface area contributed by atoms with Crippen molar-refractivity contribution in [3.63, 3.8) is 0 Å². The summed E-state index contributed by atoms with van der Waals surface area (Å²) >= 11 is 0. The van der Waals surface area contributed by atoms with Crippen molar-refractivity contribution in [3.8, 4) is 45.1 Å². The molecule has 0 aliphatic carbocycles. The normalized spacial score (nSPS) is 20.0. The quantitative estimate of drug-likeness (QED) is 0.211. The first-order valence-electron chi connectivity index (χ1n) is 16.5. The van der Waals surface area contributed by atoms with Crippen LogP contribution in [0.5, 0.6) is 11.5 Å². The molecule has 47 heavy (non-hydrogen) atoms. The lowest BCUT2D eigenvalue weighted by molar-refractivity contribution is -0.135. The average Bonchev–Trinajstić information content (AvgIpc) is 3.91. The van der Waals surface area contributed by atoms with Crippen LogP contribution >= 0.6 is 0 Å². The summed E-state index contributed by atoms with van der Waals surface area (Å²) in [7, 11) is 1.30. The molecule has 3 atom stereocenters. The van der Waals surface area contributed by atoms with E-state index in [2.05, 4.69) is 49.9 Å². The molecule has 4 aliphatic rings. The highest BCUT2D eigenvalue weighted by Crippen LogP contribution is 2.51. The highest BCUT2D eigenvalue weighted by atomic mass is 16.5. The number of methoxy groups -OCH3 is 1. The monoisotopic (exact) mass is 637 g/mol. The van der Waals surface area contributed by atoms with Gasteiger partial charge in [0.05, 0.1) is 43.0 Å². The zero-order valence-electron chi connectivity index (χ0n) is 26.8.